The number of sulfonamides is 1. The summed E-state index contributed by atoms with van der Waals surface area (Å²) in [6, 6.07) is 5.34. The number of carbonyl (C=O) groups excluding carboxylic acids is 1. The van der Waals surface area contributed by atoms with Crippen LogP contribution in [0.2, 0.25) is 5.02 Å². The van der Waals surface area contributed by atoms with Crippen molar-refractivity contribution >= 4 is 27.4 Å². The Kier molecular flexibility index (Phi) is 7.24. The molecule has 0 radical (unpaired) electrons. The Bertz CT molecular complexity index is 1230. The van der Waals surface area contributed by atoms with E-state index in [1.165, 1.54) is 0 Å². The molecular weight excluding hydrogens is 476 g/mol. The van der Waals surface area contributed by atoms with Crippen molar-refractivity contribution in [1.82, 2.24) is 9.62 Å². The van der Waals surface area contributed by atoms with Crippen LogP contribution in [0, 0.1) is 13.8 Å². The molecule has 2 aromatic carbocycles. The van der Waals surface area contributed by atoms with Gasteiger partial charge < -0.3 is 9.47 Å². The molecule has 0 saturated carbocycles. The lowest BCUT2D eigenvalue weighted by Gasteiger charge is -2.35. The van der Waals surface area contributed by atoms with Gasteiger partial charge in [-0.15, -0.1) is 0 Å². The van der Waals surface area contributed by atoms with Crippen molar-refractivity contribution in [3.8, 4) is 11.5 Å². The summed E-state index contributed by atoms with van der Waals surface area (Å²) < 4.78 is 39.2. The third kappa shape index (κ3) is 4.56. The van der Waals surface area contributed by atoms with Crippen molar-refractivity contribution in [2.75, 3.05) is 33.9 Å². The van der Waals surface area contributed by atoms with E-state index in [-0.39, 0.29) is 16.7 Å². The fraction of sp³-hybridized carbons (Fsp3) is 0.480. The van der Waals surface area contributed by atoms with Crippen molar-refractivity contribution in [1.29, 1.82) is 0 Å². The second-order valence-electron chi connectivity index (χ2n) is 8.96. The Hall–Kier alpha value is -2.13. The number of nitrogens with one attached hydrogen (secondary N) is 1. The summed E-state index contributed by atoms with van der Waals surface area (Å²) in [4.78, 5) is 15.5. The van der Waals surface area contributed by atoms with Crippen LogP contribution in [-0.4, -0.2) is 53.0 Å². The molecule has 1 aliphatic heterocycles. The third-order valence-corrected chi connectivity index (χ3v) is 8.82. The molecule has 7 nitrogen and oxygen atoms in total. The van der Waals surface area contributed by atoms with Crippen molar-refractivity contribution in [2.24, 2.45) is 0 Å². The minimum Gasteiger partial charge on any atom is -0.493 e. The first-order valence-electron chi connectivity index (χ1n) is 11.5. The van der Waals surface area contributed by atoms with Gasteiger partial charge in [0, 0.05) is 30.6 Å². The number of unbranched alkanes of at least 4 members (excludes halogenated alkanes) is 1. The molecule has 1 atom stereocenters. The predicted molar refractivity (Wildman–Crippen MR) is 132 cm³/mol. The van der Waals surface area contributed by atoms with Gasteiger partial charge in [0.1, 0.15) is 0 Å². The van der Waals surface area contributed by atoms with Crippen LogP contribution in [0.25, 0.3) is 0 Å². The Morgan fingerprint density at radius 1 is 1.12 bits per heavy atom. The first-order valence-corrected chi connectivity index (χ1v) is 13.4. The van der Waals surface area contributed by atoms with Crippen molar-refractivity contribution in [3.05, 3.63) is 51.0 Å². The lowest BCUT2D eigenvalue weighted by molar-refractivity contribution is 0.0946. The van der Waals surface area contributed by atoms with Gasteiger partial charge in [-0.1, -0.05) is 11.6 Å². The zero-order valence-electron chi connectivity index (χ0n) is 20.0. The molecule has 0 spiro atoms. The van der Waals surface area contributed by atoms with Gasteiger partial charge in [0.15, 0.2) is 17.3 Å². The molecule has 0 aromatic heterocycles. The molecule has 184 valence electrons. The zero-order valence-corrected chi connectivity index (χ0v) is 21.6. The number of hydrogen-bond acceptors (Lipinski definition) is 6. The normalized spacial score (nSPS) is 17.7. The van der Waals surface area contributed by atoms with Crippen LogP contribution in [-0.2, 0) is 16.4 Å². The molecule has 1 heterocycles. The number of rotatable bonds is 9. The molecular formula is C25H31ClN2O5S. The van der Waals surface area contributed by atoms with Crippen LogP contribution in [0.4, 0.5) is 0 Å². The summed E-state index contributed by atoms with van der Waals surface area (Å²) in [5.74, 6) is 1.22. The average molecular weight is 507 g/mol. The summed E-state index contributed by atoms with van der Waals surface area (Å²) >= 11 is 6.10. The minimum atomic E-state index is -3.60. The molecule has 0 fully saturated rings. The summed E-state index contributed by atoms with van der Waals surface area (Å²) in [5.41, 5.74) is 4.25. The van der Waals surface area contributed by atoms with Crippen LogP contribution in [0.3, 0.4) is 0 Å². The molecule has 2 aromatic rings. The topological polar surface area (TPSA) is 84.9 Å². The van der Waals surface area contributed by atoms with Gasteiger partial charge >= 0.3 is 0 Å². The van der Waals surface area contributed by atoms with E-state index in [9.17, 15) is 13.2 Å². The average Bonchev–Trinajstić information content (AvgIpc) is 3.15. The standard InChI is InChI=1S/C25H31ClN2O5S/c1-15-12-22(16(2)11-18(15)26)34(30,31)27-8-5-6-9-28-10-7-17-13-21(32-3)25(33-4)24-20(29)14-19(28)23(17)24/h11-13,19,27H,5-10,14H2,1-4H3. The number of methoxy groups -OCH3 is 2. The highest BCUT2D eigenvalue weighted by Gasteiger charge is 2.41. The highest BCUT2D eigenvalue weighted by molar-refractivity contribution is 7.89. The molecule has 4 rings (SSSR count). The molecule has 0 saturated heterocycles. The van der Waals surface area contributed by atoms with E-state index in [4.69, 9.17) is 21.1 Å². The number of aryl methyl sites for hydroxylation is 2. The van der Waals surface area contributed by atoms with Crippen LogP contribution >= 0.6 is 11.6 Å². The molecule has 1 aliphatic carbocycles. The molecule has 2 aliphatic rings. The number of benzene rings is 2. The largest absolute Gasteiger partial charge is 0.493 e. The number of Topliss-reactive ketones (excluding diaryl/α,β-unsaturated/α-hetero) is 1. The van der Waals surface area contributed by atoms with Gasteiger partial charge in [-0.2, -0.15) is 0 Å². The predicted octanol–water partition coefficient (Wildman–Crippen LogP) is 4.22. The quantitative estimate of drug-likeness (QED) is 0.513. The van der Waals surface area contributed by atoms with Gasteiger partial charge in [0.25, 0.3) is 0 Å². The maximum absolute atomic E-state index is 12.9. The Morgan fingerprint density at radius 2 is 1.88 bits per heavy atom. The van der Waals surface area contributed by atoms with Crippen molar-refractivity contribution < 1.29 is 22.7 Å². The van der Waals surface area contributed by atoms with E-state index in [2.05, 4.69) is 9.62 Å². The number of ketones is 1. The minimum absolute atomic E-state index is 0.0439. The molecule has 1 unspecified atom stereocenters. The van der Waals surface area contributed by atoms with Crippen LogP contribution in [0.15, 0.2) is 23.1 Å². The van der Waals surface area contributed by atoms with Gasteiger partial charge in [0.2, 0.25) is 10.0 Å². The molecule has 34 heavy (non-hydrogen) atoms. The highest BCUT2D eigenvalue weighted by Crippen LogP contribution is 2.48. The number of hydrogen-bond donors (Lipinski definition) is 1. The summed E-state index contributed by atoms with van der Waals surface area (Å²) in [6.45, 7) is 5.55. The number of carbonyl (C=O) groups is 1. The van der Waals surface area contributed by atoms with Crippen molar-refractivity contribution in [2.45, 2.75) is 50.5 Å². The van der Waals surface area contributed by atoms with Crippen LogP contribution in [0.1, 0.15) is 57.9 Å². The van der Waals surface area contributed by atoms with Gasteiger partial charge in [-0.05, 0) is 80.1 Å². The number of halogens is 1. The van der Waals surface area contributed by atoms with E-state index in [0.29, 0.717) is 47.0 Å². The fourth-order valence-electron chi connectivity index (χ4n) is 5.07. The lowest BCUT2D eigenvalue weighted by atomic mass is 9.92. The molecule has 1 N–H and O–H groups in total. The van der Waals surface area contributed by atoms with Gasteiger partial charge in [0.05, 0.1) is 24.7 Å². The van der Waals surface area contributed by atoms with E-state index >= 15 is 0 Å². The van der Waals surface area contributed by atoms with Gasteiger partial charge in [-0.25, -0.2) is 13.1 Å². The first-order chi connectivity index (χ1) is 16.2. The van der Waals surface area contributed by atoms with E-state index in [1.54, 1.807) is 40.2 Å². The van der Waals surface area contributed by atoms with E-state index in [0.717, 1.165) is 42.6 Å². The Balaban J connectivity index is 1.37. The van der Waals surface area contributed by atoms with Crippen LogP contribution < -0.4 is 14.2 Å². The van der Waals surface area contributed by atoms with Crippen LogP contribution in [0.5, 0.6) is 11.5 Å². The SMILES string of the molecule is COc1cc2c3c(c1OC)C(=O)CC3N(CCCCNS(=O)(=O)c1cc(C)c(Cl)cc1C)CC2. The Labute approximate surface area is 206 Å². The number of nitrogens with zero attached hydrogens (tertiary/aromatic N) is 1. The summed E-state index contributed by atoms with van der Waals surface area (Å²) in [6.07, 6.45) is 2.80. The van der Waals surface area contributed by atoms with Crippen molar-refractivity contribution in [3.63, 3.8) is 0 Å². The van der Waals surface area contributed by atoms with E-state index < -0.39 is 10.0 Å². The maximum atomic E-state index is 12.9. The highest BCUT2D eigenvalue weighted by atomic mass is 35.5. The third-order valence-electron chi connectivity index (χ3n) is 6.81. The zero-order chi connectivity index (χ0) is 24.6. The molecule has 0 bridgehead atoms. The van der Waals surface area contributed by atoms with Gasteiger partial charge in [-0.3, -0.25) is 9.69 Å². The molecule has 9 heteroatoms. The van der Waals surface area contributed by atoms with E-state index in [1.807, 2.05) is 6.07 Å². The summed E-state index contributed by atoms with van der Waals surface area (Å²) in [5, 5.41) is 0.559. The monoisotopic (exact) mass is 506 g/mol. The Morgan fingerprint density at radius 3 is 2.59 bits per heavy atom. The fourth-order valence-corrected chi connectivity index (χ4v) is 6.67. The first kappa shape index (κ1) is 25.0. The summed E-state index contributed by atoms with van der Waals surface area (Å²) in [7, 11) is -0.442. The lowest BCUT2D eigenvalue weighted by Crippen LogP contribution is -2.35. The second kappa shape index (κ2) is 9.85. The molecule has 0 amide bonds. The smallest absolute Gasteiger partial charge is 0.240 e. The maximum Gasteiger partial charge on any atom is 0.240 e. The number of ether oxygens (including phenoxy) is 2. The second-order valence-corrected chi connectivity index (χ2v) is 11.1.